The van der Waals surface area contributed by atoms with Crippen LogP contribution in [0.5, 0.6) is 23.0 Å². The van der Waals surface area contributed by atoms with E-state index in [0.29, 0.717) is 34.1 Å². The van der Waals surface area contributed by atoms with Crippen molar-refractivity contribution in [1.29, 1.82) is 0 Å². The molecule has 0 atom stereocenters. The second-order valence-corrected chi connectivity index (χ2v) is 9.79. The fraction of sp³-hybridized carbons (Fsp3) is 0.188. The monoisotopic (exact) mass is 550 g/mol. The Morgan fingerprint density at radius 3 is 2.29 bits per heavy atom. The van der Waals surface area contributed by atoms with Gasteiger partial charge in [0, 0.05) is 41.6 Å². The van der Waals surface area contributed by atoms with Crippen LogP contribution < -0.4 is 25.0 Å². The van der Waals surface area contributed by atoms with Gasteiger partial charge in [0.1, 0.15) is 22.9 Å². The lowest BCUT2D eigenvalue weighted by Gasteiger charge is -2.15. The third kappa shape index (κ3) is 5.74. The molecule has 0 saturated carbocycles. The number of ether oxygens (including phenoxy) is 3. The van der Waals surface area contributed by atoms with E-state index in [1.165, 1.54) is 6.20 Å². The number of nitrogens with zero attached hydrogens (tertiary/aromatic N) is 3. The summed E-state index contributed by atoms with van der Waals surface area (Å²) in [5.41, 5.74) is 2.66. The van der Waals surface area contributed by atoms with Crippen molar-refractivity contribution < 1.29 is 19.0 Å². The van der Waals surface area contributed by atoms with Crippen LogP contribution in [0.2, 0.25) is 0 Å². The van der Waals surface area contributed by atoms with Gasteiger partial charge in [-0.2, -0.15) is 0 Å². The summed E-state index contributed by atoms with van der Waals surface area (Å²) in [5.74, 6) is 1.86. The van der Waals surface area contributed by atoms with Gasteiger partial charge in [0.05, 0.1) is 25.9 Å². The molecular weight excluding hydrogens is 520 g/mol. The summed E-state index contributed by atoms with van der Waals surface area (Å²) in [7, 11) is 3.13. The molecule has 41 heavy (non-hydrogen) atoms. The van der Waals surface area contributed by atoms with Crippen molar-refractivity contribution in [3.05, 3.63) is 101 Å². The lowest BCUT2D eigenvalue weighted by atomic mass is 10.0. The number of rotatable bonds is 8. The highest BCUT2D eigenvalue weighted by Crippen LogP contribution is 2.36. The Kier molecular flexibility index (Phi) is 7.69. The first-order valence-corrected chi connectivity index (χ1v) is 13.1. The summed E-state index contributed by atoms with van der Waals surface area (Å²) in [6.45, 7) is 5.96. The maximum Gasteiger partial charge on any atom is 0.262 e. The largest absolute Gasteiger partial charge is 0.493 e. The number of benzene rings is 2. The van der Waals surface area contributed by atoms with Gasteiger partial charge in [-0.3, -0.25) is 14.6 Å². The van der Waals surface area contributed by atoms with E-state index in [-0.39, 0.29) is 22.9 Å². The van der Waals surface area contributed by atoms with E-state index in [1.807, 2.05) is 49.6 Å². The van der Waals surface area contributed by atoms with Crippen LogP contribution in [0, 0.1) is 6.92 Å². The van der Waals surface area contributed by atoms with E-state index in [0.717, 1.165) is 16.5 Å². The van der Waals surface area contributed by atoms with Gasteiger partial charge in [0.25, 0.3) is 5.91 Å². The highest BCUT2D eigenvalue weighted by Gasteiger charge is 2.18. The Bertz CT molecular complexity index is 1780. The van der Waals surface area contributed by atoms with E-state index in [4.69, 9.17) is 14.2 Å². The average Bonchev–Trinajstić information content (AvgIpc) is 2.98. The van der Waals surface area contributed by atoms with Gasteiger partial charge in [0.15, 0.2) is 11.5 Å². The Balaban J connectivity index is 1.39. The zero-order chi connectivity index (χ0) is 29.1. The van der Waals surface area contributed by atoms with E-state index < -0.39 is 5.91 Å². The maximum absolute atomic E-state index is 13.4. The molecule has 1 N–H and O–H groups in total. The molecule has 0 spiro atoms. The quantitative estimate of drug-likeness (QED) is 0.238. The van der Waals surface area contributed by atoms with Gasteiger partial charge in [0.2, 0.25) is 5.43 Å². The van der Waals surface area contributed by atoms with Crippen molar-refractivity contribution in [2.24, 2.45) is 0 Å². The molecule has 9 nitrogen and oxygen atoms in total. The SMILES string of the molecule is COc1cc2nccc(Oc3ccc(NC(=O)c4cn(C(C)C)cc(-c5ccc(C)cc5)c4=O)nc3)c2cc1OC. The van der Waals surface area contributed by atoms with Crippen molar-refractivity contribution in [2.75, 3.05) is 19.5 Å². The first kappa shape index (κ1) is 27.4. The number of anilines is 1. The summed E-state index contributed by atoms with van der Waals surface area (Å²) >= 11 is 0. The number of nitrogens with one attached hydrogen (secondary N) is 1. The fourth-order valence-corrected chi connectivity index (χ4v) is 4.36. The predicted molar refractivity (Wildman–Crippen MR) is 158 cm³/mol. The number of hydrogen-bond acceptors (Lipinski definition) is 7. The average molecular weight is 551 g/mol. The first-order valence-electron chi connectivity index (χ1n) is 13.1. The summed E-state index contributed by atoms with van der Waals surface area (Å²) in [5, 5.41) is 3.48. The zero-order valence-electron chi connectivity index (χ0n) is 23.5. The highest BCUT2D eigenvalue weighted by atomic mass is 16.5. The van der Waals surface area contributed by atoms with Gasteiger partial charge >= 0.3 is 0 Å². The molecule has 0 aliphatic carbocycles. The number of carbonyl (C=O) groups excluding carboxylic acids is 1. The lowest BCUT2D eigenvalue weighted by molar-refractivity contribution is 0.102. The second kappa shape index (κ2) is 11.5. The number of pyridine rings is 3. The van der Waals surface area contributed by atoms with Crippen LogP contribution in [0.25, 0.3) is 22.0 Å². The molecule has 0 radical (unpaired) electrons. The molecule has 5 aromatic rings. The molecule has 0 fully saturated rings. The summed E-state index contributed by atoms with van der Waals surface area (Å²) in [6, 6.07) is 16.3. The number of amides is 1. The van der Waals surface area contributed by atoms with Crippen molar-refractivity contribution >= 4 is 22.6 Å². The zero-order valence-corrected chi connectivity index (χ0v) is 23.5. The van der Waals surface area contributed by atoms with Crippen molar-refractivity contribution in [3.63, 3.8) is 0 Å². The van der Waals surface area contributed by atoms with Crippen LogP contribution in [0.1, 0.15) is 35.8 Å². The molecule has 5 rings (SSSR count). The van der Waals surface area contributed by atoms with Crippen LogP contribution in [-0.4, -0.2) is 34.7 Å². The van der Waals surface area contributed by atoms with Crippen molar-refractivity contribution in [3.8, 4) is 34.1 Å². The summed E-state index contributed by atoms with van der Waals surface area (Å²) < 4.78 is 18.7. The predicted octanol–water partition coefficient (Wildman–Crippen LogP) is 6.41. The Morgan fingerprint density at radius 1 is 0.902 bits per heavy atom. The third-order valence-corrected chi connectivity index (χ3v) is 6.66. The molecule has 3 aromatic heterocycles. The number of aromatic nitrogens is 3. The van der Waals surface area contributed by atoms with E-state index in [2.05, 4.69) is 15.3 Å². The normalized spacial score (nSPS) is 11.0. The molecule has 2 aromatic carbocycles. The number of aryl methyl sites for hydroxylation is 1. The molecule has 0 aliphatic rings. The van der Waals surface area contributed by atoms with Gasteiger partial charge in [-0.1, -0.05) is 29.8 Å². The molecular formula is C32H30N4O5. The Morgan fingerprint density at radius 2 is 1.63 bits per heavy atom. The number of carbonyl (C=O) groups is 1. The van der Waals surface area contributed by atoms with Gasteiger partial charge in [-0.05, 0) is 50.6 Å². The molecule has 3 heterocycles. The van der Waals surface area contributed by atoms with E-state index in [9.17, 15) is 9.59 Å². The molecule has 0 bridgehead atoms. The van der Waals surface area contributed by atoms with Crippen molar-refractivity contribution in [1.82, 2.24) is 14.5 Å². The number of hydrogen-bond donors (Lipinski definition) is 1. The van der Waals surface area contributed by atoms with Gasteiger partial charge < -0.3 is 24.1 Å². The molecule has 9 heteroatoms. The standard InChI is InChI=1S/C32H30N4O5/c1-19(2)36-17-24(21-8-6-20(3)7-9-21)31(37)25(18-36)32(38)35-30-11-10-22(16-34-30)41-27-12-13-33-26-15-29(40-5)28(39-4)14-23(26)27/h6-19H,1-5H3,(H,34,35,38). The smallest absolute Gasteiger partial charge is 0.262 e. The van der Waals surface area contributed by atoms with Gasteiger partial charge in [-0.15, -0.1) is 0 Å². The van der Waals surface area contributed by atoms with E-state index in [1.54, 1.807) is 63.1 Å². The third-order valence-electron chi connectivity index (χ3n) is 6.66. The lowest BCUT2D eigenvalue weighted by Crippen LogP contribution is -2.25. The molecule has 0 unspecified atom stereocenters. The fourth-order valence-electron chi connectivity index (χ4n) is 4.36. The van der Waals surface area contributed by atoms with Crippen LogP contribution in [-0.2, 0) is 0 Å². The minimum atomic E-state index is -0.541. The molecule has 208 valence electrons. The molecule has 0 aliphatic heterocycles. The van der Waals surface area contributed by atoms with Crippen LogP contribution in [0.4, 0.5) is 5.82 Å². The van der Waals surface area contributed by atoms with E-state index >= 15 is 0 Å². The molecule has 1 amide bonds. The highest BCUT2D eigenvalue weighted by molar-refractivity contribution is 6.04. The Labute approximate surface area is 237 Å². The van der Waals surface area contributed by atoms with Crippen LogP contribution in [0.15, 0.2) is 84.2 Å². The number of fused-ring (bicyclic) bond motifs is 1. The molecule has 0 saturated heterocycles. The van der Waals surface area contributed by atoms with Gasteiger partial charge in [-0.25, -0.2) is 4.98 Å². The second-order valence-electron chi connectivity index (χ2n) is 9.79. The minimum absolute atomic E-state index is 0.0338. The van der Waals surface area contributed by atoms with Crippen LogP contribution in [0.3, 0.4) is 0 Å². The minimum Gasteiger partial charge on any atom is -0.493 e. The van der Waals surface area contributed by atoms with Crippen LogP contribution >= 0.6 is 0 Å². The topological polar surface area (TPSA) is 105 Å². The first-order chi connectivity index (χ1) is 19.8. The summed E-state index contributed by atoms with van der Waals surface area (Å²) in [4.78, 5) is 35.4. The van der Waals surface area contributed by atoms with Crippen molar-refractivity contribution in [2.45, 2.75) is 26.8 Å². The maximum atomic E-state index is 13.4. The number of methoxy groups -OCH3 is 2. The Hall–Kier alpha value is -5.18. The summed E-state index contributed by atoms with van der Waals surface area (Å²) in [6.07, 6.45) is 6.50.